The molecule has 0 aromatic rings. The summed E-state index contributed by atoms with van der Waals surface area (Å²) in [6.07, 6.45) is 17.2. The van der Waals surface area contributed by atoms with Gasteiger partial charge in [-0.15, -0.1) is 0 Å². The van der Waals surface area contributed by atoms with E-state index in [0.29, 0.717) is 0 Å². The molecule has 78 valence electrons. The molecule has 3 aliphatic carbocycles. The van der Waals surface area contributed by atoms with E-state index in [4.69, 9.17) is 0 Å². The standard InChI is InChI=1S/C14H22/c1-3-7-13-11(5-1)9-10-12-6-2-4-8-14(12)13/h9-14H,1-8H2/t11-,12-,13-,14+/m1/s1. The van der Waals surface area contributed by atoms with Crippen LogP contribution in [-0.4, -0.2) is 0 Å². The van der Waals surface area contributed by atoms with Gasteiger partial charge in [-0.2, -0.15) is 0 Å². The fourth-order valence-corrected chi connectivity index (χ4v) is 4.20. The summed E-state index contributed by atoms with van der Waals surface area (Å²) in [7, 11) is 0. The smallest absolute Gasteiger partial charge is 0.0202 e. The molecule has 0 bridgehead atoms. The predicted octanol–water partition coefficient (Wildman–Crippen LogP) is 4.17. The molecule has 0 heterocycles. The van der Waals surface area contributed by atoms with Crippen molar-refractivity contribution in [2.75, 3.05) is 0 Å². The lowest BCUT2D eigenvalue weighted by Crippen LogP contribution is -2.35. The van der Waals surface area contributed by atoms with E-state index in [9.17, 15) is 0 Å². The second-order valence-electron chi connectivity index (χ2n) is 5.61. The first kappa shape index (κ1) is 9.00. The third-order valence-corrected chi connectivity index (χ3v) is 4.91. The zero-order valence-corrected chi connectivity index (χ0v) is 9.12. The highest BCUT2D eigenvalue weighted by atomic mass is 14.4. The van der Waals surface area contributed by atoms with Gasteiger partial charge in [-0.25, -0.2) is 0 Å². The van der Waals surface area contributed by atoms with Gasteiger partial charge in [0.1, 0.15) is 0 Å². The Morgan fingerprint density at radius 1 is 0.571 bits per heavy atom. The molecule has 3 aliphatic rings. The SMILES string of the molecule is C1=C[C@H]2CCCC[C@H]2[C@H]2CCCC[C@H]12. The summed E-state index contributed by atoms with van der Waals surface area (Å²) in [5.74, 6) is 4.12. The quantitative estimate of drug-likeness (QED) is 0.503. The van der Waals surface area contributed by atoms with E-state index in [-0.39, 0.29) is 0 Å². The molecule has 0 nitrogen and oxygen atoms in total. The van der Waals surface area contributed by atoms with Crippen molar-refractivity contribution in [3.05, 3.63) is 12.2 Å². The Morgan fingerprint density at radius 2 is 1.00 bits per heavy atom. The lowest BCUT2D eigenvalue weighted by Gasteiger charge is -2.44. The maximum Gasteiger partial charge on any atom is -0.0202 e. The van der Waals surface area contributed by atoms with Crippen molar-refractivity contribution < 1.29 is 0 Å². The average Bonchev–Trinajstić information content (AvgIpc) is 2.29. The molecule has 0 aromatic carbocycles. The summed E-state index contributed by atoms with van der Waals surface area (Å²) in [4.78, 5) is 0. The Labute approximate surface area is 87.8 Å². The molecular formula is C14H22. The van der Waals surface area contributed by atoms with Gasteiger partial charge < -0.3 is 0 Å². The Bertz CT molecular complexity index is 204. The number of rotatable bonds is 0. The molecule has 2 saturated carbocycles. The van der Waals surface area contributed by atoms with Gasteiger partial charge in [0, 0.05) is 0 Å². The van der Waals surface area contributed by atoms with Gasteiger partial charge in [-0.3, -0.25) is 0 Å². The Balaban J connectivity index is 1.82. The summed E-state index contributed by atoms with van der Waals surface area (Å²) in [6, 6.07) is 0. The molecule has 0 N–H and O–H groups in total. The summed E-state index contributed by atoms with van der Waals surface area (Å²) < 4.78 is 0. The molecule has 0 saturated heterocycles. The summed E-state index contributed by atoms with van der Waals surface area (Å²) >= 11 is 0. The van der Waals surface area contributed by atoms with Crippen molar-refractivity contribution in [2.24, 2.45) is 23.7 Å². The third-order valence-electron chi connectivity index (χ3n) is 4.91. The average molecular weight is 190 g/mol. The van der Waals surface area contributed by atoms with E-state index < -0.39 is 0 Å². The number of hydrogen-bond acceptors (Lipinski definition) is 0. The fraction of sp³-hybridized carbons (Fsp3) is 0.857. The van der Waals surface area contributed by atoms with Gasteiger partial charge in [0.05, 0.1) is 0 Å². The maximum absolute atomic E-state index is 2.58. The molecule has 0 aromatic heterocycles. The molecule has 0 amide bonds. The molecule has 0 aliphatic heterocycles. The Kier molecular flexibility index (Phi) is 2.39. The van der Waals surface area contributed by atoms with Gasteiger partial charge in [0.2, 0.25) is 0 Å². The van der Waals surface area contributed by atoms with Crippen LogP contribution in [-0.2, 0) is 0 Å². The van der Waals surface area contributed by atoms with Crippen molar-refractivity contribution in [1.29, 1.82) is 0 Å². The van der Waals surface area contributed by atoms with Gasteiger partial charge in [0.25, 0.3) is 0 Å². The van der Waals surface area contributed by atoms with Crippen LogP contribution in [0.3, 0.4) is 0 Å². The summed E-state index contributed by atoms with van der Waals surface area (Å²) in [5.41, 5.74) is 0. The van der Waals surface area contributed by atoms with Crippen LogP contribution in [0.4, 0.5) is 0 Å². The fourth-order valence-electron chi connectivity index (χ4n) is 4.20. The first-order valence-electron chi connectivity index (χ1n) is 6.63. The maximum atomic E-state index is 2.58. The molecule has 0 heteroatoms. The Morgan fingerprint density at radius 3 is 1.50 bits per heavy atom. The van der Waals surface area contributed by atoms with E-state index in [1.807, 2.05) is 0 Å². The lowest BCUT2D eigenvalue weighted by atomic mass is 9.61. The summed E-state index contributed by atoms with van der Waals surface area (Å²) in [6.45, 7) is 0. The van der Waals surface area contributed by atoms with Crippen LogP contribution in [0.2, 0.25) is 0 Å². The molecule has 14 heavy (non-hydrogen) atoms. The largest absolute Gasteiger partial charge is 0.0848 e. The second kappa shape index (κ2) is 3.72. The third kappa shape index (κ3) is 1.43. The zero-order chi connectivity index (χ0) is 9.38. The molecule has 3 rings (SSSR count). The molecule has 2 fully saturated rings. The van der Waals surface area contributed by atoms with Crippen molar-refractivity contribution in [3.63, 3.8) is 0 Å². The number of hydrogen-bond donors (Lipinski definition) is 0. The highest BCUT2D eigenvalue weighted by Crippen LogP contribution is 2.48. The minimum absolute atomic E-state index is 0.975. The lowest BCUT2D eigenvalue weighted by molar-refractivity contribution is 0.108. The molecule has 0 radical (unpaired) electrons. The van der Waals surface area contributed by atoms with Crippen molar-refractivity contribution in [1.82, 2.24) is 0 Å². The number of allylic oxidation sites excluding steroid dienone is 2. The monoisotopic (exact) mass is 190 g/mol. The van der Waals surface area contributed by atoms with Crippen LogP contribution in [0.5, 0.6) is 0 Å². The van der Waals surface area contributed by atoms with E-state index in [1.165, 1.54) is 51.4 Å². The first-order valence-corrected chi connectivity index (χ1v) is 6.63. The highest BCUT2D eigenvalue weighted by Gasteiger charge is 2.37. The Hall–Kier alpha value is -0.260. The molecule has 0 unspecified atom stereocenters. The van der Waals surface area contributed by atoms with Crippen LogP contribution >= 0.6 is 0 Å². The zero-order valence-electron chi connectivity index (χ0n) is 9.12. The normalized spacial score (nSPS) is 46.9. The van der Waals surface area contributed by atoms with E-state index in [2.05, 4.69) is 12.2 Å². The second-order valence-corrected chi connectivity index (χ2v) is 5.61. The molecule has 4 atom stereocenters. The van der Waals surface area contributed by atoms with Crippen LogP contribution in [0.15, 0.2) is 12.2 Å². The van der Waals surface area contributed by atoms with Crippen LogP contribution in [0, 0.1) is 23.7 Å². The predicted molar refractivity (Wildman–Crippen MR) is 60.0 cm³/mol. The van der Waals surface area contributed by atoms with Gasteiger partial charge in [-0.05, 0) is 49.4 Å². The van der Waals surface area contributed by atoms with Crippen LogP contribution in [0.25, 0.3) is 0 Å². The van der Waals surface area contributed by atoms with Gasteiger partial charge >= 0.3 is 0 Å². The van der Waals surface area contributed by atoms with Crippen molar-refractivity contribution in [3.8, 4) is 0 Å². The topological polar surface area (TPSA) is 0 Å². The highest BCUT2D eigenvalue weighted by molar-refractivity contribution is 5.07. The first-order chi connectivity index (χ1) is 6.95. The van der Waals surface area contributed by atoms with Crippen molar-refractivity contribution in [2.45, 2.75) is 51.4 Å². The van der Waals surface area contributed by atoms with Crippen molar-refractivity contribution >= 4 is 0 Å². The number of fused-ring (bicyclic) bond motifs is 3. The summed E-state index contributed by atoms with van der Waals surface area (Å²) in [5, 5.41) is 0. The van der Waals surface area contributed by atoms with Gasteiger partial charge in [0.15, 0.2) is 0 Å². The van der Waals surface area contributed by atoms with E-state index in [0.717, 1.165) is 23.7 Å². The van der Waals surface area contributed by atoms with Crippen LogP contribution < -0.4 is 0 Å². The van der Waals surface area contributed by atoms with E-state index in [1.54, 1.807) is 0 Å². The molecular weight excluding hydrogens is 168 g/mol. The minimum Gasteiger partial charge on any atom is -0.0848 e. The van der Waals surface area contributed by atoms with E-state index >= 15 is 0 Å². The van der Waals surface area contributed by atoms with Gasteiger partial charge in [-0.1, -0.05) is 37.8 Å². The molecule has 0 spiro atoms. The van der Waals surface area contributed by atoms with Crippen LogP contribution in [0.1, 0.15) is 51.4 Å². The minimum atomic E-state index is 0.975.